The highest BCUT2D eigenvalue weighted by Crippen LogP contribution is 2.23. The number of pyridine rings is 1. The lowest BCUT2D eigenvalue weighted by Crippen LogP contribution is -2.07. The van der Waals surface area contributed by atoms with Gasteiger partial charge in [-0.3, -0.25) is 0 Å². The Hall–Kier alpha value is -3.48. The lowest BCUT2D eigenvalue weighted by molar-refractivity contribution is 0.576. The maximum Gasteiger partial charge on any atom is 0.212 e. The molecule has 0 atom stereocenters. The van der Waals surface area contributed by atoms with Crippen molar-refractivity contribution in [3.05, 3.63) is 83.6 Å². The van der Waals surface area contributed by atoms with Gasteiger partial charge < -0.3 is 11.1 Å². The number of anilines is 2. The van der Waals surface area contributed by atoms with Crippen molar-refractivity contribution in [2.24, 2.45) is 0 Å². The molecule has 6 nitrogen and oxygen atoms in total. The summed E-state index contributed by atoms with van der Waals surface area (Å²) in [5, 5.41) is 7.81. The van der Waals surface area contributed by atoms with Crippen LogP contribution in [-0.2, 0) is 13.0 Å². The molecule has 0 aliphatic carbocycles. The van der Waals surface area contributed by atoms with Crippen molar-refractivity contribution < 1.29 is 4.39 Å². The lowest BCUT2D eigenvalue weighted by Gasteiger charge is -2.10. The van der Waals surface area contributed by atoms with Gasteiger partial charge in [-0.2, -0.15) is 14.0 Å². The molecule has 0 saturated heterocycles. The summed E-state index contributed by atoms with van der Waals surface area (Å²) in [6.07, 6.45) is 13.7. The molecule has 3 heterocycles. The Balaban J connectivity index is 0.000000214. The molecule has 0 spiro atoms. The predicted molar refractivity (Wildman–Crippen MR) is 151 cm³/mol. The van der Waals surface area contributed by atoms with Crippen molar-refractivity contribution >= 4 is 17.3 Å². The summed E-state index contributed by atoms with van der Waals surface area (Å²) in [5.74, 6) is 1.33. The van der Waals surface area contributed by atoms with E-state index in [4.69, 9.17) is 5.73 Å². The summed E-state index contributed by atoms with van der Waals surface area (Å²) < 4.78 is 14.4. The van der Waals surface area contributed by atoms with Gasteiger partial charge in [-0.15, -0.1) is 0 Å². The molecule has 3 aromatic heterocycles. The fourth-order valence-electron chi connectivity index (χ4n) is 4.16. The van der Waals surface area contributed by atoms with Crippen LogP contribution < -0.4 is 11.1 Å². The summed E-state index contributed by atoms with van der Waals surface area (Å²) in [7, 11) is 0. The molecule has 198 valence electrons. The summed E-state index contributed by atoms with van der Waals surface area (Å²) in [5.41, 5.74) is 10.2. The number of nitrogens with two attached hydrogens (primary N) is 1. The lowest BCUT2D eigenvalue weighted by atomic mass is 10.1. The van der Waals surface area contributed by atoms with Crippen LogP contribution in [0.2, 0.25) is 0 Å². The number of rotatable bonds is 12. The second-order valence-electron chi connectivity index (χ2n) is 9.76. The van der Waals surface area contributed by atoms with Gasteiger partial charge in [0.05, 0.1) is 6.20 Å². The van der Waals surface area contributed by atoms with E-state index in [-0.39, 0.29) is 5.95 Å². The minimum absolute atomic E-state index is 0.360. The standard InChI is InChI=1S/C16H19N5.C14H22FN/c1-11(2)13-10-19-21-15(8-14(17)20-16(13)21)18-9-12-6-4-3-5-7-12;1-2-3-4-5-6-7-8-9-13-10-11-14(15)16-12-13/h3-8,10-11,18H,9H2,1-2H3,(H2,17,20);10-12H,2-9H2,1H3. The third kappa shape index (κ3) is 9.16. The van der Waals surface area contributed by atoms with Crippen LogP contribution in [-0.4, -0.2) is 19.6 Å². The van der Waals surface area contributed by atoms with Crippen molar-refractivity contribution in [1.29, 1.82) is 0 Å². The summed E-state index contributed by atoms with van der Waals surface area (Å²) in [6.45, 7) is 7.20. The largest absolute Gasteiger partial charge is 0.384 e. The number of fused-ring (bicyclic) bond motifs is 1. The topological polar surface area (TPSA) is 81.1 Å². The third-order valence-corrected chi connectivity index (χ3v) is 6.32. The number of unbranched alkanes of at least 4 members (excludes halogenated alkanes) is 6. The number of nitrogens with one attached hydrogen (secondary N) is 1. The number of benzene rings is 1. The average Bonchev–Trinajstić information content (AvgIpc) is 3.33. The van der Waals surface area contributed by atoms with Crippen LogP contribution in [0, 0.1) is 5.95 Å². The van der Waals surface area contributed by atoms with Gasteiger partial charge in [-0.25, -0.2) is 9.97 Å². The highest BCUT2D eigenvalue weighted by molar-refractivity contribution is 5.59. The van der Waals surface area contributed by atoms with E-state index in [0.29, 0.717) is 11.7 Å². The van der Waals surface area contributed by atoms with E-state index in [0.717, 1.165) is 35.6 Å². The van der Waals surface area contributed by atoms with Crippen molar-refractivity contribution in [2.45, 2.75) is 84.6 Å². The molecule has 37 heavy (non-hydrogen) atoms. The van der Waals surface area contributed by atoms with Gasteiger partial charge in [0.2, 0.25) is 5.95 Å². The van der Waals surface area contributed by atoms with Gasteiger partial charge in [-0.1, -0.05) is 95.7 Å². The van der Waals surface area contributed by atoms with Crippen LogP contribution >= 0.6 is 0 Å². The first kappa shape index (κ1) is 28.1. The Labute approximate surface area is 220 Å². The third-order valence-electron chi connectivity index (χ3n) is 6.32. The fraction of sp³-hybridized carbons (Fsp3) is 0.433. The Bertz CT molecular complexity index is 1190. The molecular formula is C30H41FN6. The maximum atomic E-state index is 12.5. The average molecular weight is 505 g/mol. The van der Waals surface area contributed by atoms with Crippen LogP contribution in [0.3, 0.4) is 0 Å². The zero-order valence-corrected chi connectivity index (χ0v) is 22.5. The Morgan fingerprint density at radius 2 is 1.65 bits per heavy atom. The maximum absolute atomic E-state index is 12.5. The monoisotopic (exact) mass is 504 g/mol. The highest BCUT2D eigenvalue weighted by Gasteiger charge is 2.12. The molecule has 0 aliphatic heterocycles. The molecule has 0 aliphatic rings. The van der Waals surface area contributed by atoms with E-state index < -0.39 is 0 Å². The fourth-order valence-corrected chi connectivity index (χ4v) is 4.16. The van der Waals surface area contributed by atoms with Crippen molar-refractivity contribution in [3.63, 3.8) is 0 Å². The Kier molecular flexibility index (Phi) is 11.3. The molecule has 0 fully saturated rings. The van der Waals surface area contributed by atoms with Gasteiger partial charge in [0.25, 0.3) is 0 Å². The molecule has 0 amide bonds. The number of hydrogen-bond donors (Lipinski definition) is 2. The van der Waals surface area contributed by atoms with Crippen LogP contribution in [0.15, 0.2) is 60.9 Å². The zero-order chi connectivity index (χ0) is 26.5. The smallest absolute Gasteiger partial charge is 0.212 e. The van der Waals surface area contributed by atoms with Gasteiger partial charge >= 0.3 is 0 Å². The SMILES string of the molecule is CC(C)c1cnn2c(NCc3ccccc3)cc(N)nc12.CCCCCCCCCc1ccc(F)nc1. The molecule has 1 aromatic carbocycles. The summed E-state index contributed by atoms with van der Waals surface area (Å²) in [4.78, 5) is 8.06. The minimum Gasteiger partial charge on any atom is -0.384 e. The first-order valence-corrected chi connectivity index (χ1v) is 13.5. The number of nitrogen functional groups attached to an aromatic ring is 1. The Morgan fingerprint density at radius 3 is 2.32 bits per heavy atom. The van der Waals surface area contributed by atoms with E-state index >= 15 is 0 Å². The normalized spacial score (nSPS) is 10.9. The quantitative estimate of drug-likeness (QED) is 0.154. The number of aromatic nitrogens is 4. The van der Waals surface area contributed by atoms with E-state index in [1.165, 1.54) is 56.6 Å². The number of halogens is 1. The van der Waals surface area contributed by atoms with Gasteiger partial charge in [-0.05, 0) is 36.0 Å². The number of hydrogen-bond acceptors (Lipinski definition) is 5. The van der Waals surface area contributed by atoms with E-state index in [9.17, 15) is 4.39 Å². The van der Waals surface area contributed by atoms with E-state index in [2.05, 4.69) is 53.3 Å². The zero-order valence-electron chi connectivity index (χ0n) is 22.5. The molecule has 4 aromatic rings. The highest BCUT2D eigenvalue weighted by atomic mass is 19.1. The molecular weight excluding hydrogens is 463 g/mol. The van der Waals surface area contributed by atoms with Crippen molar-refractivity contribution in [1.82, 2.24) is 19.6 Å². The first-order chi connectivity index (χ1) is 18.0. The molecule has 0 radical (unpaired) electrons. The number of nitrogens with zero attached hydrogens (tertiary/aromatic N) is 4. The predicted octanol–water partition coefficient (Wildman–Crippen LogP) is 7.56. The van der Waals surface area contributed by atoms with Crippen LogP contribution in [0.1, 0.15) is 88.3 Å². The molecule has 0 saturated carbocycles. The number of aryl methyl sites for hydroxylation is 1. The second-order valence-corrected chi connectivity index (χ2v) is 9.76. The van der Waals surface area contributed by atoms with Crippen LogP contribution in [0.4, 0.5) is 16.0 Å². The van der Waals surface area contributed by atoms with Crippen LogP contribution in [0.25, 0.3) is 5.65 Å². The van der Waals surface area contributed by atoms with Gasteiger partial charge in [0.1, 0.15) is 11.6 Å². The minimum atomic E-state index is -0.386. The van der Waals surface area contributed by atoms with E-state index in [1.54, 1.807) is 6.20 Å². The van der Waals surface area contributed by atoms with Crippen molar-refractivity contribution in [2.75, 3.05) is 11.1 Å². The molecule has 0 bridgehead atoms. The molecule has 4 rings (SSSR count). The summed E-state index contributed by atoms with van der Waals surface area (Å²) >= 11 is 0. The molecule has 7 heteroatoms. The van der Waals surface area contributed by atoms with Crippen molar-refractivity contribution in [3.8, 4) is 0 Å². The summed E-state index contributed by atoms with van der Waals surface area (Å²) in [6, 6.07) is 15.3. The van der Waals surface area contributed by atoms with E-state index in [1.807, 2.05) is 41.0 Å². The Morgan fingerprint density at radius 1 is 0.919 bits per heavy atom. The van der Waals surface area contributed by atoms with Gasteiger partial charge in [0, 0.05) is 24.4 Å². The first-order valence-electron chi connectivity index (χ1n) is 13.5. The van der Waals surface area contributed by atoms with Crippen LogP contribution in [0.5, 0.6) is 0 Å². The second kappa shape index (κ2) is 14.9. The van der Waals surface area contributed by atoms with Gasteiger partial charge in [0.15, 0.2) is 5.65 Å². The molecule has 3 N–H and O–H groups in total. The molecule has 0 unspecified atom stereocenters.